The Balaban J connectivity index is 2.31. The highest BCUT2D eigenvalue weighted by atomic mass is 19.2. The minimum Gasteiger partial charge on any atom is -0.483 e. The van der Waals surface area contributed by atoms with Gasteiger partial charge in [0, 0.05) is 0 Å². The first-order valence-electron chi connectivity index (χ1n) is 5.20. The largest absolute Gasteiger partial charge is 0.483 e. The van der Waals surface area contributed by atoms with Crippen LogP contribution in [0.25, 0.3) is 0 Å². The van der Waals surface area contributed by atoms with Gasteiger partial charge in [0.25, 0.3) is 0 Å². The van der Waals surface area contributed by atoms with Crippen molar-refractivity contribution in [3.63, 3.8) is 0 Å². The van der Waals surface area contributed by atoms with Crippen LogP contribution < -0.4 is 4.74 Å². The predicted molar refractivity (Wildman–Crippen MR) is 57.0 cm³/mol. The molecule has 0 saturated heterocycles. The number of ether oxygens (including phenoxy) is 1. The Morgan fingerprint density at radius 1 is 0.684 bits per heavy atom. The topological polar surface area (TPSA) is 9.23 Å². The molecule has 1 nitrogen and oxygen atoms in total. The molecule has 0 aliphatic heterocycles. The molecule has 0 aromatic heterocycles. The molecule has 0 aliphatic carbocycles. The van der Waals surface area contributed by atoms with Gasteiger partial charge in [0.2, 0.25) is 29.1 Å². The summed E-state index contributed by atoms with van der Waals surface area (Å²) in [5.41, 5.74) is 0.534. The lowest BCUT2D eigenvalue weighted by molar-refractivity contribution is 0.253. The van der Waals surface area contributed by atoms with Crippen LogP contribution in [0.5, 0.6) is 5.75 Å². The summed E-state index contributed by atoms with van der Waals surface area (Å²) in [4.78, 5) is 0. The molecule has 0 saturated carbocycles. The number of benzene rings is 2. The van der Waals surface area contributed by atoms with Crippen molar-refractivity contribution < 1.29 is 26.7 Å². The van der Waals surface area contributed by atoms with E-state index in [0.29, 0.717) is 5.56 Å². The average molecular weight is 274 g/mol. The molecule has 0 radical (unpaired) electrons. The lowest BCUT2D eigenvalue weighted by Crippen LogP contribution is -2.07. The molecule has 100 valence electrons. The third-order valence-corrected chi connectivity index (χ3v) is 2.40. The van der Waals surface area contributed by atoms with E-state index in [4.69, 9.17) is 0 Å². The molecule has 0 amide bonds. The van der Waals surface area contributed by atoms with Crippen LogP contribution in [-0.4, -0.2) is 0 Å². The summed E-state index contributed by atoms with van der Waals surface area (Å²) in [7, 11) is 0. The zero-order valence-corrected chi connectivity index (χ0v) is 9.39. The first-order valence-corrected chi connectivity index (χ1v) is 5.20. The fraction of sp³-hybridized carbons (Fsp3) is 0.0769. The van der Waals surface area contributed by atoms with Crippen molar-refractivity contribution >= 4 is 0 Å². The van der Waals surface area contributed by atoms with Crippen LogP contribution in [0.2, 0.25) is 0 Å². The Bertz CT molecular complexity index is 569. The smallest absolute Gasteiger partial charge is 0.207 e. The highest BCUT2D eigenvalue weighted by Crippen LogP contribution is 2.29. The molecular formula is C13H7F5O. The summed E-state index contributed by atoms with van der Waals surface area (Å²) >= 11 is 0. The predicted octanol–water partition coefficient (Wildman–Crippen LogP) is 3.96. The van der Waals surface area contributed by atoms with Gasteiger partial charge in [0.1, 0.15) is 6.61 Å². The third-order valence-electron chi connectivity index (χ3n) is 2.40. The standard InChI is InChI=1S/C13H7F5O/c14-8-9(15)11(17)13(12(18)10(8)16)19-6-7-4-2-1-3-5-7/h1-5H,6H2. The second-order valence-corrected chi connectivity index (χ2v) is 3.67. The maximum Gasteiger partial charge on any atom is 0.207 e. The summed E-state index contributed by atoms with van der Waals surface area (Å²) < 4.78 is 69.7. The summed E-state index contributed by atoms with van der Waals surface area (Å²) in [5, 5.41) is 0. The average Bonchev–Trinajstić information content (AvgIpc) is 2.44. The lowest BCUT2D eigenvalue weighted by Gasteiger charge is -2.10. The van der Waals surface area contributed by atoms with Gasteiger partial charge in [-0.25, -0.2) is 13.2 Å². The normalized spacial score (nSPS) is 10.6. The fourth-order valence-electron chi connectivity index (χ4n) is 1.44. The van der Waals surface area contributed by atoms with E-state index >= 15 is 0 Å². The van der Waals surface area contributed by atoms with E-state index in [1.807, 2.05) is 0 Å². The number of hydrogen-bond donors (Lipinski definition) is 0. The van der Waals surface area contributed by atoms with Crippen molar-refractivity contribution in [2.75, 3.05) is 0 Å². The van der Waals surface area contributed by atoms with E-state index in [0.717, 1.165) is 0 Å². The Morgan fingerprint density at radius 3 is 1.68 bits per heavy atom. The number of hydrogen-bond acceptors (Lipinski definition) is 1. The highest BCUT2D eigenvalue weighted by Gasteiger charge is 2.26. The molecule has 19 heavy (non-hydrogen) atoms. The van der Waals surface area contributed by atoms with Gasteiger partial charge in [0.05, 0.1) is 0 Å². The lowest BCUT2D eigenvalue weighted by atomic mass is 10.2. The van der Waals surface area contributed by atoms with Crippen LogP contribution in [0, 0.1) is 29.1 Å². The van der Waals surface area contributed by atoms with Gasteiger partial charge in [0.15, 0.2) is 5.75 Å². The van der Waals surface area contributed by atoms with Gasteiger partial charge in [-0.3, -0.25) is 0 Å². The summed E-state index contributed by atoms with van der Waals surface area (Å²) in [6.45, 7) is -0.306. The minimum atomic E-state index is -2.21. The van der Waals surface area contributed by atoms with Crippen molar-refractivity contribution in [2.24, 2.45) is 0 Å². The van der Waals surface area contributed by atoms with Gasteiger partial charge in [-0.15, -0.1) is 0 Å². The first kappa shape index (κ1) is 13.3. The molecule has 0 atom stereocenters. The van der Waals surface area contributed by atoms with E-state index in [1.54, 1.807) is 30.3 Å². The molecule has 0 heterocycles. The van der Waals surface area contributed by atoms with Gasteiger partial charge in [-0.05, 0) is 5.56 Å². The molecule has 2 aromatic carbocycles. The highest BCUT2D eigenvalue weighted by molar-refractivity contribution is 5.30. The number of rotatable bonds is 3. The fourth-order valence-corrected chi connectivity index (χ4v) is 1.44. The van der Waals surface area contributed by atoms with Crippen molar-refractivity contribution in [3.8, 4) is 5.75 Å². The molecule has 0 N–H and O–H groups in total. The van der Waals surface area contributed by atoms with Gasteiger partial charge >= 0.3 is 0 Å². The van der Waals surface area contributed by atoms with Crippen LogP contribution in [-0.2, 0) is 6.61 Å². The zero-order chi connectivity index (χ0) is 14.0. The Hall–Kier alpha value is -2.11. The number of halogens is 5. The van der Waals surface area contributed by atoms with Crippen LogP contribution >= 0.6 is 0 Å². The zero-order valence-electron chi connectivity index (χ0n) is 9.39. The van der Waals surface area contributed by atoms with Gasteiger partial charge in [-0.2, -0.15) is 8.78 Å². The quantitative estimate of drug-likeness (QED) is 0.467. The van der Waals surface area contributed by atoms with Crippen LogP contribution in [0.1, 0.15) is 5.56 Å². The molecule has 0 fully saturated rings. The second-order valence-electron chi connectivity index (χ2n) is 3.67. The van der Waals surface area contributed by atoms with Crippen LogP contribution in [0.4, 0.5) is 22.0 Å². The van der Waals surface area contributed by atoms with Gasteiger partial charge in [-0.1, -0.05) is 30.3 Å². The first-order chi connectivity index (χ1) is 9.02. The molecular weight excluding hydrogens is 267 g/mol. The van der Waals surface area contributed by atoms with Crippen molar-refractivity contribution in [2.45, 2.75) is 6.61 Å². The summed E-state index contributed by atoms with van der Waals surface area (Å²) in [5.74, 6) is -11.5. The van der Waals surface area contributed by atoms with Crippen LogP contribution in [0.3, 0.4) is 0 Å². The molecule has 6 heteroatoms. The van der Waals surface area contributed by atoms with E-state index in [-0.39, 0.29) is 6.61 Å². The Kier molecular flexibility index (Phi) is 3.69. The molecule has 0 spiro atoms. The monoisotopic (exact) mass is 274 g/mol. The Labute approximate surface area is 105 Å². The molecule has 0 unspecified atom stereocenters. The molecule has 2 rings (SSSR count). The summed E-state index contributed by atoms with van der Waals surface area (Å²) in [6.07, 6.45) is 0. The van der Waals surface area contributed by atoms with Crippen molar-refractivity contribution in [3.05, 3.63) is 65.0 Å². The molecule has 2 aromatic rings. The maximum absolute atomic E-state index is 13.3. The van der Waals surface area contributed by atoms with Crippen LogP contribution in [0.15, 0.2) is 30.3 Å². The van der Waals surface area contributed by atoms with Crippen molar-refractivity contribution in [1.82, 2.24) is 0 Å². The van der Waals surface area contributed by atoms with Gasteiger partial charge < -0.3 is 4.74 Å². The maximum atomic E-state index is 13.3. The molecule has 0 bridgehead atoms. The van der Waals surface area contributed by atoms with E-state index in [2.05, 4.69) is 4.74 Å². The second kappa shape index (κ2) is 5.26. The van der Waals surface area contributed by atoms with Crippen molar-refractivity contribution in [1.29, 1.82) is 0 Å². The van der Waals surface area contributed by atoms with E-state index < -0.39 is 34.8 Å². The summed E-state index contributed by atoms with van der Waals surface area (Å²) in [6, 6.07) is 8.19. The SMILES string of the molecule is Fc1c(F)c(F)c(OCc2ccccc2)c(F)c1F. The molecule has 0 aliphatic rings. The van der Waals surface area contributed by atoms with E-state index in [1.165, 1.54) is 0 Å². The Morgan fingerprint density at radius 2 is 1.16 bits per heavy atom. The third kappa shape index (κ3) is 2.52. The minimum absolute atomic E-state index is 0.306. The van der Waals surface area contributed by atoms with E-state index in [9.17, 15) is 22.0 Å².